The Kier molecular flexibility index (Phi) is 3.55. The van der Waals surface area contributed by atoms with Crippen molar-refractivity contribution >= 4 is 11.9 Å². The predicted octanol–water partition coefficient (Wildman–Crippen LogP) is 4.16. The number of nitrogens with zero attached hydrogens (tertiary/aromatic N) is 1. The Morgan fingerprint density at radius 1 is 0.947 bits per heavy atom. The smallest absolute Gasteiger partial charge is 0.416 e. The van der Waals surface area contributed by atoms with E-state index in [0.717, 1.165) is 12.1 Å². The van der Waals surface area contributed by atoms with Gasteiger partial charge in [0.15, 0.2) is 0 Å². The van der Waals surface area contributed by atoms with E-state index in [1.165, 1.54) is 24.4 Å². The first-order chi connectivity index (χ1) is 8.97. The second-order valence-electron chi connectivity index (χ2n) is 3.86. The van der Waals surface area contributed by atoms with Gasteiger partial charge in [0.05, 0.1) is 11.3 Å². The largest absolute Gasteiger partial charge is 0.507 e. The molecule has 0 aliphatic carbocycles. The summed E-state index contributed by atoms with van der Waals surface area (Å²) in [4.78, 5) is 4.01. The molecule has 0 amide bonds. The highest BCUT2D eigenvalue weighted by molar-refractivity contribution is 5.85. The van der Waals surface area contributed by atoms with Gasteiger partial charge in [-0.15, -0.1) is 0 Å². The maximum atomic E-state index is 12.4. The maximum absolute atomic E-state index is 12.4. The van der Waals surface area contributed by atoms with Crippen molar-refractivity contribution in [3.8, 4) is 5.75 Å². The summed E-state index contributed by atoms with van der Waals surface area (Å²) in [5, 5.41) is 9.50. The van der Waals surface area contributed by atoms with Crippen molar-refractivity contribution < 1.29 is 18.3 Å². The van der Waals surface area contributed by atoms with E-state index in [0.29, 0.717) is 11.3 Å². The summed E-state index contributed by atoms with van der Waals surface area (Å²) in [7, 11) is 0. The molecule has 0 atom stereocenters. The fraction of sp³-hybridized carbons (Fsp3) is 0.0714. The summed E-state index contributed by atoms with van der Waals surface area (Å²) in [6.07, 6.45) is -2.95. The summed E-state index contributed by atoms with van der Waals surface area (Å²) < 4.78 is 37.1. The van der Waals surface area contributed by atoms with Crippen LogP contribution in [0, 0.1) is 0 Å². The van der Waals surface area contributed by atoms with Gasteiger partial charge in [-0.3, -0.25) is 4.99 Å². The molecule has 2 rings (SSSR count). The average molecular weight is 265 g/mol. The maximum Gasteiger partial charge on any atom is 0.416 e. The molecular formula is C14H10F3NO. The van der Waals surface area contributed by atoms with Crippen molar-refractivity contribution in [3.63, 3.8) is 0 Å². The second kappa shape index (κ2) is 5.14. The lowest BCUT2D eigenvalue weighted by Crippen LogP contribution is -2.03. The SMILES string of the molecule is Oc1ccccc1C=Nc1ccc(C(F)(F)F)cc1. The van der Waals surface area contributed by atoms with Crippen molar-refractivity contribution in [2.45, 2.75) is 6.18 Å². The Balaban J connectivity index is 2.19. The van der Waals surface area contributed by atoms with Gasteiger partial charge in [0, 0.05) is 11.8 Å². The van der Waals surface area contributed by atoms with Gasteiger partial charge >= 0.3 is 6.18 Å². The molecule has 0 aliphatic heterocycles. The molecule has 0 aromatic heterocycles. The summed E-state index contributed by atoms with van der Waals surface area (Å²) in [5.74, 6) is 0.0677. The summed E-state index contributed by atoms with van der Waals surface area (Å²) in [6.45, 7) is 0. The standard InChI is InChI=1S/C14H10F3NO/c15-14(16,17)11-5-7-12(8-6-11)18-9-10-3-1-2-4-13(10)19/h1-9,19H. The number of rotatable bonds is 2. The van der Waals surface area contributed by atoms with Gasteiger partial charge in [-0.2, -0.15) is 13.2 Å². The first-order valence-corrected chi connectivity index (χ1v) is 5.46. The average Bonchev–Trinajstić information content (AvgIpc) is 2.37. The number of hydrogen-bond donors (Lipinski definition) is 1. The van der Waals surface area contributed by atoms with Crippen LogP contribution in [0.2, 0.25) is 0 Å². The second-order valence-corrected chi connectivity index (χ2v) is 3.86. The van der Waals surface area contributed by atoms with Crippen LogP contribution in [0.5, 0.6) is 5.75 Å². The molecule has 0 heterocycles. The molecule has 0 radical (unpaired) electrons. The van der Waals surface area contributed by atoms with Crippen LogP contribution in [0.4, 0.5) is 18.9 Å². The lowest BCUT2D eigenvalue weighted by molar-refractivity contribution is -0.137. The van der Waals surface area contributed by atoms with Crippen LogP contribution in [0.3, 0.4) is 0 Å². The van der Waals surface area contributed by atoms with Gasteiger partial charge in [-0.25, -0.2) is 0 Å². The molecule has 2 aromatic carbocycles. The highest BCUT2D eigenvalue weighted by Gasteiger charge is 2.29. The first-order valence-electron chi connectivity index (χ1n) is 5.46. The monoisotopic (exact) mass is 265 g/mol. The van der Waals surface area contributed by atoms with Crippen LogP contribution in [-0.4, -0.2) is 11.3 Å². The molecule has 98 valence electrons. The molecular weight excluding hydrogens is 255 g/mol. The van der Waals surface area contributed by atoms with Gasteiger partial charge in [-0.1, -0.05) is 12.1 Å². The lowest BCUT2D eigenvalue weighted by Gasteiger charge is -2.05. The van der Waals surface area contributed by atoms with Gasteiger partial charge in [0.1, 0.15) is 5.75 Å². The van der Waals surface area contributed by atoms with Crippen LogP contribution in [0.25, 0.3) is 0 Å². The van der Waals surface area contributed by atoms with E-state index in [2.05, 4.69) is 4.99 Å². The number of phenolic OH excluding ortho intramolecular Hbond substituents is 1. The third-order valence-electron chi connectivity index (χ3n) is 2.48. The Morgan fingerprint density at radius 3 is 2.16 bits per heavy atom. The molecule has 0 saturated heterocycles. The Morgan fingerprint density at radius 2 is 1.58 bits per heavy atom. The highest BCUT2D eigenvalue weighted by Crippen LogP contribution is 2.30. The quantitative estimate of drug-likeness (QED) is 0.812. The molecule has 2 aromatic rings. The predicted molar refractivity (Wildman–Crippen MR) is 66.8 cm³/mol. The van der Waals surface area contributed by atoms with Crippen molar-refractivity contribution in [3.05, 3.63) is 59.7 Å². The minimum Gasteiger partial charge on any atom is -0.507 e. The van der Waals surface area contributed by atoms with Gasteiger partial charge in [-0.05, 0) is 36.4 Å². The van der Waals surface area contributed by atoms with Crippen molar-refractivity contribution in [1.82, 2.24) is 0 Å². The molecule has 2 nitrogen and oxygen atoms in total. The number of hydrogen-bond acceptors (Lipinski definition) is 2. The Bertz CT molecular complexity index is 588. The normalized spacial score (nSPS) is 11.9. The number of aliphatic imine (C=N–C) groups is 1. The molecule has 0 unspecified atom stereocenters. The molecule has 0 bridgehead atoms. The van der Waals surface area contributed by atoms with Gasteiger partial charge < -0.3 is 5.11 Å². The van der Waals surface area contributed by atoms with Crippen molar-refractivity contribution in [2.75, 3.05) is 0 Å². The molecule has 0 fully saturated rings. The molecule has 19 heavy (non-hydrogen) atoms. The van der Waals surface area contributed by atoms with Crippen LogP contribution in [0.1, 0.15) is 11.1 Å². The summed E-state index contributed by atoms with van der Waals surface area (Å²) in [6, 6.07) is 11.1. The molecule has 0 saturated carbocycles. The lowest BCUT2D eigenvalue weighted by atomic mass is 10.2. The van der Waals surface area contributed by atoms with E-state index in [4.69, 9.17) is 0 Å². The number of aromatic hydroxyl groups is 1. The summed E-state index contributed by atoms with van der Waals surface area (Å²) in [5.41, 5.74) is 0.174. The number of benzene rings is 2. The Labute approximate surface area is 107 Å². The number of halogens is 3. The van der Waals surface area contributed by atoms with Crippen molar-refractivity contribution in [1.29, 1.82) is 0 Å². The highest BCUT2D eigenvalue weighted by atomic mass is 19.4. The van der Waals surface area contributed by atoms with E-state index in [-0.39, 0.29) is 5.75 Å². The van der Waals surface area contributed by atoms with E-state index >= 15 is 0 Å². The van der Waals surface area contributed by atoms with Crippen LogP contribution < -0.4 is 0 Å². The Hall–Kier alpha value is -2.30. The van der Waals surface area contributed by atoms with E-state index < -0.39 is 11.7 Å². The fourth-order valence-electron chi connectivity index (χ4n) is 1.48. The number of para-hydroxylation sites is 1. The fourth-order valence-corrected chi connectivity index (χ4v) is 1.48. The zero-order valence-electron chi connectivity index (χ0n) is 9.72. The van der Waals surface area contributed by atoms with Crippen LogP contribution in [0.15, 0.2) is 53.5 Å². The van der Waals surface area contributed by atoms with E-state index in [9.17, 15) is 18.3 Å². The van der Waals surface area contributed by atoms with Gasteiger partial charge in [0.25, 0.3) is 0 Å². The molecule has 0 aliphatic rings. The third kappa shape index (κ3) is 3.34. The van der Waals surface area contributed by atoms with Crippen LogP contribution in [-0.2, 0) is 6.18 Å². The molecule has 5 heteroatoms. The zero-order chi connectivity index (χ0) is 13.9. The minimum absolute atomic E-state index is 0.0677. The minimum atomic E-state index is -4.35. The van der Waals surface area contributed by atoms with E-state index in [1.54, 1.807) is 18.2 Å². The number of phenols is 1. The van der Waals surface area contributed by atoms with E-state index in [1.807, 2.05) is 0 Å². The molecule has 1 N–H and O–H groups in total. The molecule has 0 spiro atoms. The van der Waals surface area contributed by atoms with Crippen molar-refractivity contribution in [2.24, 2.45) is 4.99 Å². The zero-order valence-corrected chi connectivity index (χ0v) is 9.72. The summed E-state index contributed by atoms with van der Waals surface area (Å²) >= 11 is 0. The first kappa shape index (κ1) is 13.1. The topological polar surface area (TPSA) is 32.6 Å². The third-order valence-corrected chi connectivity index (χ3v) is 2.48. The number of alkyl halides is 3. The van der Waals surface area contributed by atoms with Crippen LogP contribution >= 0.6 is 0 Å². The van der Waals surface area contributed by atoms with Gasteiger partial charge in [0.2, 0.25) is 0 Å².